The summed E-state index contributed by atoms with van der Waals surface area (Å²) >= 11 is 6.16. The van der Waals surface area contributed by atoms with Crippen LogP contribution in [0.5, 0.6) is 0 Å². The molecule has 0 saturated heterocycles. The third kappa shape index (κ3) is 6.33. The van der Waals surface area contributed by atoms with Crippen molar-refractivity contribution in [1.82, 2.24) is 5.32 Å². The van der Waals surface area contributed by atoms with Crippen LogP contribution < -0.4 is 9.62 Å². The SMILES string of the molecule is C[C@@H](CNC(=O)c1ccc(CN(c2cc([N+](=O)[O-])ccc2Cl)S(C)(=O)=O)cc1)c1ccccc1. The van der Waals surface area contributed by atoms with Gasteiger partial charge in [-0.1, -0.05) is 61.0 Å². The molecule has 0 aliphatic heterocycles. The molecule has 0 radical (unpaired) electrons. The highest BCUT2D eigenvalue weighted by Crippen LogP contribution is 2.32. The highest BCUT2D eigenvalue weighted by Gasteiger charge is 2.23. The average molecular weight is 502 g/mol. The molecule has 0 spiro atoms. The summed E-state index contributed by atoms with van der Waals surface area (Å²) in [5.41, 5.74) is 1.88. The van der Waals surface area contributed by atoms with Gasteiger partial charge in [0.05, 0.1) is 28.4 Å². The number of amides is 1. The predicted octanol–water partition coefficient (Wildman–Crippen LogP) is 4.75. The minimum atomic E-state index is -3.81. The quantitative estimate of drug-likeness (QED) is 0.336. The third-order valence-electron chi connectivity index (χ3n) is 5.29. The zero-order valence-corrected chi connectivity index (χ0v) is 20.2. The Hall–Kier alpha value is -3.43. The van der Waals surface area contributed by atoms with E-state index in [9.17, 15) is 23.3 Å². The Morgan fingerprint density at radius 3 is 2.32 bits per heavy atom. The van der Waals surface area contributed by atoms with Gasteiger partial charge in [0.25, 0.3) is 11.6 Å². The van der Waals surface area contributed by atoms with Crippen LogP contribution in [0.15, 0.2) is 72.8 Å². The number of non-ortho nitro benzene ring substituents is 1. The van der Waals surface area contributed by atoms with Crippen molar-refractivity contribution in [3.8, 4) is 0 Å². The van der Waals surface area contributed by atoms with E-state index in [0.717, 1.165) is 22.2 Å². The molecule has 1 atom stereocenters. The Morgan fingerprint density at radius 1 is 1.09 bits per heavy atom. The van der Waals surface area contributed by atoms with Crippen LogP contribution in [0.2, 0.25) is 5.02 Å². The molecule has 0 unspecified atom stereocenters. The molecular weight excluding hydrogens is 478 g/mol. The van der Waals surface area contributed by atoms with Gasteiger partial charge in [0.2, 0.25) is 10.0 Å². The number of nitrogens with one attached hydrogen (secondary N) is 1. The highest BCUT2D eigenvalue weighted by atomic mass is 35.5. The average Bonchev–Trinajstić information content (AvgIpc) is 2.81. The number of nitrogens with zero attached hydrogens (tertiary/aromatic N) is 2. The Morgan fingerprint density at radius 2 is 1.74 bits per heavy atom. The van der Waals surface area contributed by atoms with Crippen LogP contribution in [0.3, 0.4) is 0 Å². The number of carbonyl (C=O) groups is 1. The topological polar surface area (TPSA) is 110 Å². The van der Waals surface area contributed by atoms with E-state index in [-0.39, 0.29) is 34.8 Å². The number of hydrogen-bond donors (Lipinski definition) is 1. The lowest BCUT2D eigenvalue weighted by molar-refractivity contribution is -0.384. The smallest absolute Gasteiger partial charge is 0.271 e. The van der Waals surface area contributed by atoms with E-state index in [1.165, 1.54) is 12.1 Å². The molecule has 3 aromatic rings. The summed E-state index contributed by atoms with van der Waals surface area (Å²) in [4.78, 5) is 23.1. The van der Waals surface area contributed by atoms with Gasteiger partial charge in [-0.25, -0.2) is 8.42 Å². The molecule has 178 valence electrons. The fraction of sp³-hybridized carbons (Fsp3) is 0.208. The van der Waals surface area contributed by atoms with Crippen molar-refractivity contribution in [2.75, 3.05) is 17.1 Å². The van der Waals surface area contributed by atoms with Crippen molar-refractivity contribution in [1.29, 1.82) is 0 Å². The number of sulfonamides is 1. The molecule has 10 heteroatoms. The summed E-state index contributed by atoms with van der Waals surface area (Å²) in [6.45, 7) is 2.39. The van der Waals surface area contributed by atoms with E-state index in [2.05, 4.69) is 5.32 Å². The van der Waals surface area contributed by atoms with Crippen LogP contribution in [-0.2, 0) is 16.6 Å². The van der Waals surface area contributed by atoms with Gasteiger partial charge in [-0.15, -0.1) is 0 Å². The first-order valence-corrected chi connectivity index (χ1v) is 12.6. The van der Waals surface area contributed by atoms with E-state index in [1.54, 1.807) is 24.3 Å². The zero-order chi connectivity index (χ0) is 24.9. The molecule has 3 rings (SSSR count). The van der Waals surface area contributed by atoms with E-state index in [0.29, 0.717) is 17.7 Å². The molecule has 0 fully saturated rings. The van der Waals surface area contributed by atoms with Gasteiger partial charge in [-0.3, -0.25) is 19.2 Å². The maximum Gasteiger partial charge on any atom is 0.271 e. The summed E-state index contributed by atoms with van der Waals surface area (Å²) in [6, 6.07) is 20.0. The lowest BCUT2D eigenvalue weighted by Gasteiger charge is -2.23. The van der Waals surface area contributed by atoms with Crippen molar-refractivity contribution in [3.63, 3.8) is 0 Å². The lowest BCUT2D eigenvalue weighted by atomic mass is 10.0. The van der Waals surface area contributed by atoms with Gasteiger partial charge in [-0.2, -0.15) is 0 Å². The largest absolute Gasteiger partial charge is 0.351 e. The summed E-state index contributed by atoms with van der Waals surface area (Å²) in [6.07, 6.45) is 0.998. The van der Waals surface area contributed by atoms with Gasteiger partial charge in [0.15, 0.2) is 0 Å². The predicted molar refractivity (Wildman–Crippen MR) is 133 cm³/mol. The first-order valence-electron chi connectivity index (χ1n) is 10.4. The molecule has 0 aliphatic rings. The van der Waals surface area contributed by atoms with Crippen molar-refractivity contribution in [2.24, 2.45) is 0 Å². The summed E-state index contributed by atoms with van der Waals surface area (Å²) in [5, 5.41) is 14.1. The number of hydrogen-bond acceptors (Lipinski definition) is 5. The maximum absolute atomic E-state index is 12.5. The maximum atomic E-state index is 12.5. The monoisotopic (exact) mass is 501 g/mol. The van der Waals surface area contributed by atoms with Crippen LogP contribution in [0, 0.1) is 10.1 Å². The fourth-order valence-corrected chi connectivity index (χ4v) is 4.52. The molecular formula is C24H24ClN3O5S. The Labute approximate surface area is 203 Å². The van der Waals surface area contributed by atoms with E-state index >= 15 is 0 Å². The van der Waals surface area contributed by atoms with Crippen LogP contribution in [-0.4, -0.2) is 32.0 Å². The number of halogens is 1. The molecule has 1 amide bonds. The van der Waals surface area contributed by atoms with Crippen LogP contribution >= 0.6 is 11.6 Å². The number of carbonyl (C=O) groups excluding carboxylic acids is 1. The van der Waals surface area contributed by atoms with Crippen molar-refractivity contribution in [3.05, 3.63) is 105 Å². The Bertz CT molecular complexity index is 1280. The number of nitro groups is 1. The van der Waals surface area contributed by atoms with Crippen molar-refractivity contribution < 1.29 is 18.1 Å². The van der Waals surface area contributed by atoms with E-state index in [1.807, 2.05) is 37.3 Å². The minimum absolute atomic E-state index is 0.00934. The third-order valence-corrected chi connectivity index (χ3v) is 6.74. The normalized spacial score (nSPS) is 12.1. The summed E-state index contributed by atoms with van der Waals surface area (Å²) in [7, 11) is -3.81. The number of anilines is 1. The molecule has 0 aromatic heterocycles. The number of nitro benzene ring substituents is 1. The second-order valence-electron chi connectivity index (χ2n) is 7.88. The Balaban J connectivity index is 1.73. The van der Waals surface area contributed by atoms with Crippen molar-refractivity contribution >= 4 is 38.9 Å². The molecule has 3 aromatic carbocycles. The van der Waals surface area contributed by atoms with Gasteiger partial charge < -0.3 is 5.32 Å². The molecule has 1 N–H and O–H groups in total. The van der Waals surface area contributed by atoms with Gasteiger partial charge >= 0.3 is 0 Å². The first-order chi connectivity index (χ1) is 16.1. The second-order valence-corrected chi connectivity index (χ2v) is 10.2. The van der Waals surface area contributed by atoms with Gasteiger partial charge in [0, 0.05) is 24.2 Å². The van der Waals surface area contributed by atoms with Crippen LogP contribution in [0.25, 0.3) is 0 Å². The molecule has 0 aliphatic carbocycles. The molecule has 0 saturated carbocycles. The Kier molecular flexibility index (Phi) is 7.90. The summed E-state index contributed by atoms with van der Waals surface area (Å²) < 4.78 is 25.9. The number of rotatable bonds is 9. The standard InChI is InChI=1S/C24H24ClN3O5S/c1-17(19-6-4-3-5-7-19)15-26-24(29)20-10-8-18(9-11-20)16-27(34(2,32)33)23-14-21(28(30)31)12-13-22(23)25/h3-14,17H,15-16H2,1-2H3,(H,26,29)/t17-/m0/s1. The highest BCUT2D eigenvalue weighted by molar-refractivity contribution is 7.92. The summed E-state index contributed by atoms with van der Waals surface area (Å²) in [5.74, 6) is -0.0940. The zero-order valence-electron chi connectivity index (χ0n) is 18.6. The minimum Gasteiger partial charge on any atom is -0.351 e. The second kappa shape index (κ2) is 10.7. The molecule has 34 heavy (non-hydrogen) atoms. The van der Waals surface area contributed by atoms with Gasteiger partial charge in [-0.05, 0) is 35.2 Å². The first kappa shape index (κ1) is 25.2. The van der Waals surface area contributed by atoms with Crippen molar-refractivity contribution in [2.45, 2.75) is 19.4 Å². The fourth-order valence-electron chi connectivity index (χ4n) is 3.36. The molecule has 0 heterocycles. The molecule has 8 nitrogen and oxygen atoms in total. The van der Waals surface area contributed by atoms with Crippen LogP contribution in [0.1, 0.15) is 34.3 Å². The van der Waals surface area contributed by atoms with E-state index < -0.39 is 14.9 Å². The van der Waals surface area contributed by atoms with E-state index in [4.69, 9.17) is 11.6 Å². The number of benzene rings is 3. The van der Waals surface area contributed by atoms with Crippen LogP contribution in [0.4, 0.5) is 11.4 Å². The lowest BCUT2D eigenvalue weighted by Crippen LogP contribution is -2.30. The van der Waals surface area contributed by atoms with Gasteiger partial charge in [0.1, 0.15) is 0 Å². The molecule has 0 bridgehead atoms.